The van der Waals surface area contributed by atoms with Gasteiger partial charge < -0.3 is 15.3 Å². The lowest BCUT2D eigenvalue weighted by atomic mass is 10.0. The van der Waals surface area contributed by atoms with Crippen molar-refractivity contribution < 1.29 is 5.11 Å². The van der Waals surface area contributed by atoms with Crippen molar-refractivity contribution in [1.29, 1.82) is 0 Å². The second-order valence-corrected chi connectivity index (χ2v) is 6.08. The lowest BCUT2D eigenvalue weighted by Crippen LogP contribution is -2.40. The first kappa shape index (κ1) is 14.2. The molecule has 1 saturated heterocycles. The summed E-state index contributed by atoms with van der Waals surface area (Å²) in [6.45, 7) is 7.97. The van der Waals surface area contributed by atoms with E-state index in [1.165, 1.54) is 24.9 Å². The Balaban J connectivity index is 2.16. The van der Waals surface area contributed by atoms with Crippen molar-refractivity contribution in [2.45, 2.75) is 51.7 Å². The van der Waals surface area contributed by atoms with Crippen LogP contribution in [-0.4, -0.2) is 29.8 Å². The van der Waals surface area contributed by atoms with Gasteiger partial charge in [-0.1, -0.05) is 12.1 Å². The van der Waals surface area contributed by atoms with E-state index in [1.807, 2.05) is 26.8 Å². The number of nitrogens with one attached hydrogen (secondary N) is 1. The van der Waals surface area contributed by atoms with Gasteiger partial charge in [0.25, 0.3) is 0 Å². The molecule has 1 aliphatic rings. The van der Waals surface area contributed by atoms with Gasteiger partial charge >= 0.3 is 0 Å². The molecule has 0 saturated carbocycles. The number of aliphatic hydroxyl groups is 1. The summed E-state index contributed by atoms with van der Waals surface area (Å²) in [4.78, 5) is 2.45. The van der Waals surface area contributed by atoms with Crippen LogP contribution in [0.5, 0.6) is 0 Å². The highest BCUT2D eigenvalue weighted by molar-refractivity contribution is 5.70. The molecule has 1 aromatic carbocycles. The number of hydrogen-bond donors (Lipinski definition) is 2. The van der Waals surface area contributed by atoms with Crippen LogP contribution in [0.2, 0.25) is 0 Å². The second kappa shape index (κ2) is 5.83. The van der Waals surface area contributed by atoms with Gasteiger partial charge in [0.1, 0.15) is 0 Å². The van der Waals surface area contributed by atoms with E-state index >= 15 is 0 Å². The highest BCUT2D eigenvalue weighted by Gasteiger charge is 2.23. The zero-order valence-electron chi connectivity index (χ0n) is 12.3. The molecule has 2 rings (SSSR count). The highest BCUT2D eigenvalue weighted by atomic mass is 16.3. The smallest absolute Gasteiger partial charge is 0.0789 e. The number of piperidine rings is 1. The van der Waals surface area contributed by atoms with Crippen molar-refractivity contribution in [3.05, 3.63) is 24.3 Å². The summed E-state index contributed by atoms with van der Waals surface area (Å²) in [7, 11) is 0. The molecular weight excluding hydrogens is 236 g/mol. The van der Waals surface area contributed by atoms with Crippen molar-refractivity contribution in [3.63, 3.8) is 0 Å². The van der Waals surface area contributed by atoms with Gasteiger partial charge in [0.05, 0.1) is 23.0 Å². The zero-order valence-corrected chi connectivity index (χ0v) is 12.3. The summed E-state index contributed by atoms with van der Waals surface area (Å²) in [5.41, 5.74) is 1.66. The van der Waals surface area contributed by atoms with Crippen molar-refractivity contribution in [1.82, 2.24) is 0 Å². The average Bonchev–Trinajstić information content (AvgIpc) is 2.39. The Labute approximate surface area is 116 Å². The molecule has 1 aromatic rings. The van der Waals surface area contributed by atoms with Crippen LogP contribution < -0.4 is 10.2 Å². The maximum absolute atomic E-state index is 10.1. The maximum Gasteiger partial charge on any atom is 0.0789 e. The van der Waals surface area contributed by atoms with Gasteiger partial charge in [-0.25, -0.2) is 0 Å². The van der Waals surface area contributed by atoms with Gasteiger partial charge in [-0.15, -0.1) is 0 Å². The average molecular weight is 262 g/mol. The van der Waals surface area contributed by atoms with Crippen molar-refractivity contribution in [2.24, 2.45) is 0 Å². The highest BCUT2D eigenvalue weighted by Crippen LogP contribution is 2.29. The molecule has 1 atom stereocenters. The molecule has 19 heavy (non-hydrogen) atoms. The molecule has 1 heterocycles. The van der Waals surface area contributed by atoms with Crippen LogP contribution in [0.4, 0.5) is 11.4 Å². The van der Waals surface area contributed by atoms with Gasteiger partial charge in [-0.05, 0) is 52.2 Å². The maximum atomic E-state index is 10.1. The van der Waals surface area contributed by atoms with Crippen LogP contribution in [0.1, 0.15) is 40.0 Å². The van der Waals surface area contributed by atoms with Gasteiger partial charge in [-0.2, -0.15) is 0 Å². The Morgan fingerprint density at radius 3 is 2.42 bits per heavy atom. The number of benzene rings is 1. The first-order valence-corrected chi connectivity index (χ1v) is 7.31. The van der Waals surface area contributed by atoms with Crippen LogP contribution in [-0.2, 0) is 0 Å². The molecule has 0 radical (unpaired) electrons. The minimum absolute atomic E-state index is 0.0124. The largest absolute Gasteiger partial charge is 0.388 e. The van der Waals surface area contributed by atoms with Crippen LogP contribution in [0.25, 0.3) is 0 Å². The predicted octanol–water partition coefficient (Wildman–Crippen LogP) is 3.25. The minimum atomic E-state index is -0.727. The van der Waals surface area contributed by atoms with Crippen molar-refractivity contribution in [3.8, 4) is 0 Å². The van der Waals surface area contributed by atoms with E-state index in [-0.39, 0.29) is 6.04 Å². The number of para-hydroxylation sites is 2. The molecule has 1 fully saturated rings. The third kappa shape index (κ3) is 3.63. The molecule has 0 spiro atoms. The molecule has 2 N–H and O–H groups in total. The fourth-order valence-corrected chi connectivity index (χ4v) is 2.42. The third-order valence-corrected chi connectivity index (χ3v) is 4.03. The van der Waals surface area contributed by atoms with Crippen molar-refractivity contribution >= 4 is 11.4 Å². The van der Waals surface area contributed by atoms with Gasteiger partial charge in [0, 0.05) is 13.1 Å². The molecule has 106 valence electrons. The Morgan fingerprint density at radius 2 is 1.79 bits per heavy atom. The van der Waals surface area contributed by atoms with Crippen LogP contribution in [0, 0.1) is 0 Å². The molecule has 0 amide bonds. The monoisotopic (exact) mass is 262 g/mol. The van der Waals surface area contributed by atoms with E-state index in [2.05, 4.69) is 28.4 Å². The fourth-order valence-electron chi connectivity index (χ4n) is 2.42. The Hall–Kier alpha value is -1.22. The molecule has 0 aliphatic carbocycles. The summed E-state index contributed by atoms with van der Waals surface area (Å²) in [6.07, 6.45) is 3.89. The van der Waals surface area contributed by atoms with E-state index < -0.39 is 5.60 Å². The molecule has 3 heteroatoms. The summed E-state index contributed by atoms with van der Waals surface area (Å²) < 4.78 is 0. The summed E-state index contributed by atoms with van der Waals surface area (Å²) in [6, 6.07) is 8.42. The Morgan fingerprint density at radius 1 is 1.16 bits per heavy atom. The van der Waals surface area contributed by atoms with Crippen LogP contribution >= 0.6 is 0 Å². The van der Waals surface area contributed by atoms with E-state index in [9.17, 15) is 5.11 Å². The number of rotatable bonds is 4. The number of nitrogens with zero attached hydrogens (tertiary/aromatic N) is 1. The summed E-state index contributed by atoms with van der Waals surface area (Å²) in [5, 5.41) is 13.5. The molecule has 3 nitrogen and oxygen atoms in total. The lowest BCUT2D eigenvalue weighted by molar-refractivity contribution is 0.0649. The quantitative estimate of drug-likeness (QED) is 0.874. The van der Waals surface area contributed by atoms with Crippen LogP contribution in [0.3, 0.4) is 0 Å². The predicted molar refractivity (Wildman–Crippen MR) is 81.9 cm³/mol. The molecule has 1 aliphatic heterocycles. The van der Waals surface area contributed by atoms with E-state index in [4.69, 9.17) is 0 Å². The summed E-state index contributed by atoms with van der Waals surface area (Å²) in [5.74, 6) is 0. The molecular formula is C16H26N2O. The molecule has 0 bridgehead atoms. The van der Waals surface area contributed by atoms with Crippen LogP contribution in [0.15, 0.2) is 24.3 Å². The number of anilines is 2. The van der Waals surface area contributed by atoms with Crippen molar-refractivity contribution in [2.75, 3.05) is 23.3 Å². The first-order valence-electron chi connectivity index (χ1n) is 7.31. The summed E-state index contributed by atoms with van der Waals surface area (Å²) >= 11 is 0. The van der Waals surface area contributed by atoms with Gasteiger partial charge in [0.15, 0.2) is 0 Å². The zero-order chi connectivity index (χ0) is 13.9. The SMILES string of the molecule is CC(Nc1ccccc1N1CCCCC1)C(C)(C)O. The topological polar surface area (TPSA) is 35.5 Å². The number of hydrogen-bond acceptors (Lipinski definition) is 3. The Kier molecular flexibility index (Phi) is 4.35. The second-order valence-electron chi connectivity index (χ2n) is 6.08. The Bertz CT molecular complexity index is 405. The minimum Gasteiger partial charge on any atom is -0.388 e. The molecule has 0 aromatic heterocycles. The van der Waals surface area contributed by atoms with E-state index in [0.29, 0.717) is 0 Å². The van der Waals surface area contributed by atoms with E-state index in [0.717, 1.165) is 18.8 Å². The standard InChI is InChI=1S/C16H26N2O/c1-13(16(2,3)19)17-14-9-5-6-10-15(14)18-11-7-4-8-12-18/h5-6,9-10,13,17,19H,4,7-8,11-12H2,1-3H3. The third-order valence-electron chi connectivity index (χ3n) is 4.03. The van der Waals surface area contributed by atoms with E-state index in [1.54, 1.807) is 0 Å². The molecule has 1 unspecified atom stereocenters. The first-order chi connectivity index (χ1) is 8.98. The normalized spacial score (nSPS) is 18.2. The van der Waals surface area contributed by atoms with Gasteiger partial charge in [0.2, 0.25) is 0 Å². The lowest BCUT2D eigenvalue weighted by Gasteiger charge is -2.33. The fraction of sp³-hybridized carbons (Fsp3) is 0.625. The van der Waals surface area contributed by atoms with Gasteiger partial charge in [-0.3, -0.25) is 0 Å².